The molecule has 0 aromatic heterocycles. The summed E-state index contributed by atoms with van der Waals surface area (Å²) < 4.78 is 38.6. The second-order valence-electron chi connectivity index (χ2n) is 2.84. The summed E-state index contributed by atoms with van der Waals surface area (Å²) in [4.78, 5) is 10.2. The maximum absolute atomic E-state index is 13.3. The van der Waals surface area contributed by atoms with Gasteiger partial charge in [-0.2, -0.15) is 0 Å². The summed E-state index contributed by atoms with van der Waals surface area (Å²) in [6.45, 7) is 0. The van der Waals surface area contributed by atoms with Gasteiger partial charge in [-0.25, -0.2) is 13.2 Å². The molecule has 15 heavy (non-hydrogen) atoms. The van der Waals surface area contributed by atoms with Gasteiger partial charge in [0.1, 0.15) is 17.5 Å². The topological polar surface area (TPSA) is 37.3 Å². The van der Waals surface area contributed by atoms with Crippen molar-refractivity contribution in [2.45, 2.75) is 12.8 Å². The molecule has 0 spiro atoms. The molecule has 0 saturated heterocycles. The van der Waals surface area contributed by atoms with E-state index in [9.17, 15) is 18.0 Å². The monoisotopic (exact) mass is 282 g/mol. The molecule has 0 amide bonds. The Morgan fingerprint density at radius 3 is 2.47 bits per heavy atom. The zero-order chi connectivity index (χ0) is 11.6. The van der Waals surface area contributed by atoms with Gasteiger partial charge in [0.15, 0.2) is 0 Å². The molecule has 6 heteroatoms. The quantitative estimate of drug-likeness (QED) is 0.684. The van der Waals surface area contributed by atoms with Gasteiger partial charge in [0.05, 0.1) is 4.47 Å². The number of halogens is 4. The molecule has 1 aromatic carbocycles. The van der Waals surface area contributed by atoms with Crippen molar-refractivity contribution in [1.82, 2.24) is 0 Å². The van der Waals surface area contributed by atoms with Crippen molar-refractivity contribution < 1.29 is 23.1 Å². The van der Waals surface area contributed by atoms with Gasteiger partial charge < -0.3 is 5.11 Å². The Bertz CT molecular complexity index is 407. The summed E-state index contributed by atoms with van der Waals surface area (Å²) in [5.74, 6) is -4.39. The lowest BCUT2D eigenvalue weighted by atomic mass is 10.1. The molecule has 0 saturated carbocycles. The molecular formula is C9H6BrF3O2. The average Bonchev–Trinajstić information content (AvgIpc) is 2.14. The van der Waals surface area contributed by atoms with Crippen molar-refractivity contribution in [3.8, 4) is 0 Å². The molecule has 1 N–H and O–H groups in total. The molecule has 0 radical (unpaired) electrons. The van der Waals surface area contributed by atoms with Crippen molar-refractivity contribution in [3.05, 3.63) is 33.6 Å². The van der Waals surface area contributed by atoms with Gasteiger partial charge in [0.25, 0.3) is 0 Å². The highest BCUT2D eigenvalue weighted by Crippen LogP contribution is 2.25. The first-order valence-electron chi connectivity index (χ1n) is 3.97. The van der Waals surface area contributed by atoms with E-state index in [4.69, 9.17) is 5.11 Å². The molecule has 2 nitrogen and oxygen atoms in total. The van der Waals surface area contributed by atoms with Crippen LogP contribution in [0.2, 0.25) is 0 Å². The smallest absolute Gasteiger partial charge is 0.303 e. The fourth-order valence-corrected chi connectivity index (χ4v) is 1.42. The number of rotatable bonds is 3. The summed E-state index contributed by atoms with van der Waals surface area (Å²) in [5, 5.41) is 8.35. The van der Waals surface area contributed by atoms with Crippen molar-refractivity contribution in [3.63, 3.8) is 0 Å². The van der Waals surface area contributed by atoms with Crippen molar-refractivity contribution in [2.75, 3.05) is 0 Å². The maximum Gasteiger partial charge on any atom is 0.303 e. The van der Waals surface area contributed by atoms with Crippen LogP contribution in [-0.4, -0.2) is 11.1 Å². The lowest BCUT2D eigenvalue weighted by molar-refractivity contribution is -0.136. The minimum Gasteiger partial charge on any atom is -0.481 e. The van der Waals surface area contributed by atoms with Crippen LogP contribution >= 0.6 is 15.9 Å². The molecule has 0 heterocycles. The fourth-order valence-electron chi connectivity index (χ4n) is 1.06. The number of benzene rings is 1. The largest absolute Gasteiger partial charge is 0.481 e. The predicted molar refractivity (Wildman–Crippen MR) is 50.0 cm³/mol. The predicted octanol–water partition coefficient (Wildman–Crippen LogP) is 2.88. The summed E-state index contributed by atoms with van der Waals surface area (Å²) in [5.41, 5.74) is -0.425. The van der Waals surface area contributed by atoms with E-state index < -0.39 is 39.9 Å². The number of hydrogen-bond donors (Lipinski definition) is 1. The first-order chi connectivity index (χ1) is 6.93. The first kappa shape index (κ1) is 12.0. The molecule has 0 aliphatic heterocycles. The number of carbonyl (C=O) groups is 1. The van der Waals surface area contributed by atoms with Gasteiger partial charge in [-0.15, -0.1) is 0 Å². The van der Waals surface area contributed by atoms with Gasteiger partial charge in [-0.1, -0.05) is 0 Å². The Morgan fingerprint density at radius 2 is 1.93 bits per heavy atom. The molecule has 0 aliphatic rings. The summed E-state index contributed by atoms with van der Waals surface area (Å²) in [6.07, 6.45) is -0.724. The van der Waals surface area contributed by atoms with Crippen LogP contribution in [0.4, 0.5) is 13.2 Å². The third kappa shape index (κ3) is 2.71. The summed E-state index contributed by atoms with van der Waals surface area (Å²) >= 11 is 2.61. The van der Waals surface area contributed by atoms with E-state index in [0.29, 0.717) is 6.07 Å². The van der Waals surface area contributed by atoms with Crippen molar-refractivity contribution in [1.29, 1.82) is 0 Å². The van der Waals surface area contributed by atoms with Crippen LogP contribution in [0.3, 0.4) is 0 Å². The van der Waals surface area contributed by atoms with Crippen LogP contribution in [0.1, 0.15) is 12.0 Å². The number of carboxylic acids is 1. The lowest BCUT2D eigenvalue weighted by Crippen LogP contribution is -2.03. The van der Waals surface area contributed by atoms with Crippen LogP contribution in [-0.2, 0) is 11.2 Å². The summed E-state index contributed by atoms with van der Waals surface area (Å²) in [6, 6.07) is 0.518. The third-order valence-corrected chi connectivity index (χ3v) is 2.52. The van der Waals surface area contributed by atoms with Crippen LogP contribution in [0, 0.1) is 17.5 Å². The molecule has 1 aromatic rings. The molecular weight excluding hydrogens is 277 g/mol. The van der Waals surface area contributed by atoms with Gasteiger partial charge in [0.2, 0.25) is 0 Å². The minimum absolute atomic E-state index is 0.314. The fraction of sp³-hybridized carbons (Fsp3) is 0.222. The third-order valence-electron chi connectivity index (χ3n) is 1.80. The van der Waals surface area contributed by atoms with Gasteiger partial charge in [0, 0.05) is 18.1 Å². The minimum atomic E-state index is -1.17. The lowest BCUT2D eigenvalue weighted by Gasteiger charge is -2.05. The van der Waals surface area contributed by atoms with Gasteiger partial charge in [-0.05, 0) is 22.4 Å². The number of aliphatic carboxylic acids is 1. The normalized spacial score (nSPS) is 10.4. The molecule has 0 aliphatic carbocycles. The second-order valence-corrected chi connectivity index (χ2v) is 3.63. The van der Waals surface area contributed by atoms with E-state index in [1.807, 2.05) is 0 Å². The van der Waals surface area contributed by atoms with Crippen LogP contribution in [0.25, 0.3) is 0 Å². The molecule has 1 rings (SSSR count). The van der Waals surface area contributed by atoms with E-state index >= 15 is 0 Å². The Kier molecular flexibility index (Phi) is 3.73. The highest BCUT2D eigenvalue weighted by Gasteiger charge is 2.17. The van der Waals surface area contributed by atoms with Crippen molar-refractivity contribution in [2.24, 2.45) is 0 Å². The van der Waals surface area contributed by atoms with E-state index in [0.717, 1.165) is 0 Å². The van der Waals surface area contributed by atoms with E-state index in [1.54, 1.807) is 0 Å². The molecule has 0 atom stereocenters. The van der Waals surface area contributed by atoms with Gasteiger partial charge in [-0.3, -0.25) is 4.79 Å². The number of hydrogen-bond acceptors (Lipinski definition) is 1. The summed E-state index contributed by atoms with van der Waals surface area (Å²) in [7, 11) is 0. The van der Waals surface area contributed by atoms with E-state index in [1.165, 1.54) is 0 Å². The Hall–Kier alpha value is -1.04. The Balaban J connectivity index is 3.07. The molecule has 0 bridgehead atoms. The van der Waals surface area contributed by atoms with Crippen LogP contribution in [0.15, 0.2) is 10.5 Å². The highest BCUT2D eigenvalue weighted by atomic mass is 79.9. The zero-order valence-corrected chi connectivity index (χ0v) is 8.94. The van der Waals surface area contributed by atoms with Crippen molar-refractivity contribution >= 4 is 21.9 Å². The van der Waals surface area contributed by atoms with E-state index in [-0.39, 0.29) is 6.42 Å². The maximum atomic E-state index is 13.3. The molecule has 82 valence electrons. The Morgan fingerprint density at radius 1 is 1.33 bits per heavy atom. The highest BCUT2D eigenvalue weighted by molar-refractivity contribution is 9.10. The first-order valence-corrected chi connectivity index (χ1v) is 4.76. The standard InChI is InChI=1S/C9H6BrF3O2/c10-8-6(12)3-5(11)4(9(8)13)1-2-7(14)15/h3H,1-2H2,(H,14,15). The van der Waals surface area contributed by atoms with Gasteiger partial charge >= 0.3 is 5.97 Å². The van der Waals surface area contributed by atoms with Crippen LogP contribution in [0.5, 0.6) is 0 Å². The molecule has 0 fully saturated rings. The Labute approximate surface area is 91.8 Å². The SMILES string of the molecule is O=C(O)CCc1c(F)cc(F)c(Br)c1F. The number of carboxylic acid groups (broad SMARTS) is 1. The average molecular weight is 283 g/mol. The second kappa shape index (κ2) is 4.65. The van der Waals surface area contributed by atoms with Crippen LogP contribution < -0.4 is 0 Å². The van der Waals surface area contributed by atoms with E-state index in [2.05, 4.69) is 15.9 Å². The molecule has 0 unspecified atom stereocenters. The zero-order valence-electron chi connectivity index (χ0n) is 7.36.